The number of likely N-dealkylation sites (tertiary alicyclic amines) is 1. The lowest BCUT2D eigenvalue weighted by atomic mass is 9.94. The van der Waals surface area contributed by atoms with Gasteiger partial charge in [-0.25, -0.2) is 4.79 Å². The molecule has 1 amide bonds. The van der Waals surface area contributed by atoms with Crippen LogP contribution in [-0.4, -0.2) is 41.9 Å². The number of carbonyl (C=O) groups excluding carboxylic acids is 3. The van der Waals surface area contributed by atoms with Crippen LogP contribution in [0.2, 0.25) is 0 Å². The molecule has 7 nitrogen and oxygen atoms in total. The molecule has 1 N–H and O–H groups in total. The third-order valence-electron chi connectivity index (χ3n) is 5.73. The fourth-order valence-electron chi connectivity index (χ4n) is 4.01. The molecular formula is C27H23NO6. The smallest absolute Gasteiger partial charge is 0.337 e. The number of aliphatic hydroxyl groups excluding tert-OH is 1. The highest BCUT2D eigenvalue weighted by Crippen LogP contribution is 2.40. The van der Waals surface area contributed by atoms with Crippen LogP contribution in [0.1, 0.15) is 33.1 Å². The first-order chi connectivity index (χ1) is 16.4. The lowest BCUT2D eigenvalue weighted by molar-refractivity contribution is -0.140. The monoisotopic (exact) mass is 457 g/mol. The van der Waals surface area contributed by atoms with Gasteiger partial charge in [-0.05, 0) is 35.4 Å². The van der Waals surface area contributed by atoms with Crippen molar-refractivity contribution in [2.45, 2.75) is 12.6 Å². The number of amides is 1. The second-order valence-corrected chi connectivity index (χ2v) is 7.76. The van der Waals surface area contributed by atoms with E-state index in [-0.39, 0.29) is 17.9 Å². The Morgan fingerprint density at radius 3 is 2.26 bits per heavy atom. The summed E-state index contributed by atoms with van der Waals surface area (Å²) in [6, 6.07) is 21.5. The fraction of sp³-hybridized carbons (Fsp3) is 0.148. The average molecular weight is 457 g/mol. The van der Waals surface area contributed by atoms with E-state index in [2.05, 4.69) is 0 Å². The number of methoxy groups -OCH3 is 2. The minimum absolute atomic E-state index is 0.0278. The maximum atomic E-state index is 13.2. The van der Waals surface area contributed by atoms with Gasteiger partial charge in [-0.15, -0.1) is 0 Å². The van der Waals surface area contributed by atoms with Crippen molar-refractivity contribution in [1.82, 2.24) is 4.90 Å². The Balaban J connectivity index is 1.85. The van der Waals surface area contributed by atoms with Crippen LogP contribution in [0.3, 0.4) is 0 Å². The van der Waals surface area contributed by atoms with Crippen LogP contribution in [0, 0.1) is 0 Å². The Hall–Kier alpha value is -4.39. The second kappa shape index (κ2) is 9.62. The Morgan fingerprint density at radius 1 is 0.912 bits per heavy atom. The van der Waals surface area contributed by atoms with Crippen molar-refractivity contribution in [3.05, 3.63) is 107 Å². The van der Waals surface area contributed by atoms with E-state index in [4.69, 9.17) is 9.47 Å². The van der Waals surface area contributed by atoms with Crippen LogP contribution in [0.5, 0.6) is 5.75 Å². The summed E-state index contributed by atoms with van der Waals surface area (Å²) >= 11 is 0. The van der Waals surface area contributed by atoms with Crippen molar-refractivity contribution in [1.29, 1.82) is 0 Å². The van der Waals surface area contributed by atoms with E-state index in [1.54, 1.807) is 48.5 Å². The number of ether oxygens (including phenoxy) is 2. The zero-order valence-electron chi connectivity index (χ0n) is 18.7. The molecule has 3 aromatic rings. The van der Waals surface area contributed by atoms with Gasteiger partial charge in [0.1, 0.15) is 11.5 Å². The highest BCUT2D eigenvalue weighted by Gasteiger charge is 2.46. The zero-order valence-corrected chi connectivity index (χ0v) is 18.7. The molecule has 4 rings (SSSR count). The number of rotatable bonds is 6. The molecule has 0 radical (unpaired) electrons. The second-order valence-electron chi connectivity index (χ2n) is 7.76. The molecule has 1 aliphatic heterocycles. The molecule has 1 fully saturated rings. The predicted octanol–water partition coefficient (Wildman–Crippen LogP) is 4.10. The number of ketones is 1. The van der Waals surface area contributed by atoms with E-state index in [0.717, 1.165) is 5.56 Å². The molecular weight excluding hydrogens is 434 g/mol. The summed E-state index contributed by atoms with van der Waals surface area (Å²) in [5.74, 6) is -1.79. The number of nitrogens with zero attached hydrogens (tertiary/aromatic N) is 1. The van der Waals surface area contributed by atoms with E-state index in [9.17, 15) is 19.5 Å². The molecule has 0 spiro atoms. The highest BCUT2D eigenvalue weighted by atomic mass is 16.5. The molecule has 1 heterocycles. The van der Waals surface area contributed by atoms with Crippen molar-refractivity contribution in [3.8, 4) is 5.75 Å². The summed E-state index contributed by atoms with van der Waals surface area (Å²) in [5, 5.41) is 11.2. The first-order valence-corrected chi connectivity index (χ1v) is 10.6. The number of benzene rings is 3. The number of Topliss-reactive ketones (excluding diaryl/α,β-unsaturated/α-hetero) is 1. The van der Waals surface area contributed by atoms with E-state index in [1.807, 2.05) is 30.3 Å². The maximum absolute atomic E-state index is 13.2. The number of aliphatic hydroxyl groups is 1. The summed E-state index contributed by atoms with van der Waals surface area (Å²) in [6.07, 6.45) is 0. The summed E-state index contributed by atoms with van der Waals surface area (Å²) in [5.41, 5.74) is 2.07. The van der Waals surface area contributed by atoms with Crippen LogP contribution >= 0.6 is 0 Å². The van der Waals surface area contributed by atoms with E-state index in [1.165, 1.54) is 19.1 Å². The van der Waals surface area contributed by atoms with Gasteiger partial charge in [-0.3, -0.25) is 9.59 Å². The standard InChI is InChI=1S/C27H23NO6/c1-33-21-10-6-9-20(15-21)24(29)22-23(18-11-13-19(14-12-18)27(32)34-2)28(26(31)25(22)30)16-17-7-4-3-5-8-17/h3-15,23,29H,16H2,1-2H3. The molecule has 1 atom stereocenters. The fourth-order valence-corrected chi connectivity index (χ4v) is 4.01. The third kappa shape index (κ3) is 4.28. The van der Waals surface area contributed by atoms with Crippen LogP contribution in [0.15, 0.2) is 84.4 Å². The minimum Gasteiger partial charge on any atom is -0.507 e. The van der Waals surface area contributed by atoms with Gasteiger partial charge in [0.15, 0.2) is 0 Å². The van der Waals surface area contributed by atoms with Crippen molar-refractivity contribution in [3.63, 3.8) is 0 Å². The molecule has 0 aliphatic carbocycles. The number of hydrogen-bond acceptors (Lipinski definition) is 6. The predicted molar refractivity (Wildman–Crippen MR) is 125 cm³/mol. The van der Waals surface area contributed by atoms with Gasteiger partial charge in [-0.2, -0.15) is 0 Å². The Kier molecular flexibility index (Phi) is 6.45. The Morgan fingerprint density at radius 2 is 1.62 bits per heavy atom. The SMILES string of the molecule is COC(=O)c1ccc(C2C(=C(O)c3cccc(OC)c3)C(=O)C(=O)N2Cc2ccccc2)cc1. The summed E-state index contributed by atoms with van der Waals surface area (Å²) in [6.45, 7) is 0.170. The number of hydrogen-bond donors (Lipinski definition) is 1. The molecule has 0 saturated carbocycles. The molecule has 34 heavy (non-hydrogen) atoms. The quantitative estimate of drug-likeness (QED) is 0.259. The molecule has 172 valence electrons. The first kappa shape index (κ1) is 22.8. The molecule has 1 aliphatic rings. The lowest BCUT2D eigenvalue weighted by Crippen LogP contribution is -2.29. The van der Waals surface area contributed by atoms with Crippen molar-refractivity contribution in [2.75, 3.05) is 14.2 Å². The first-order valence-electron chi connectivity index (χ1n) is 10.6. The van der Waals surface area contributed by atoms with E-state index >= 15 is 0 Å². The third-order valence-corrected chi connectivity index (χ3v) is 5.73. The summed E-state index contributed by atoms with van der Waals surface area (Å²) in [4.78, 5) is 39.6. The molecule has 1 saturated heterocycles. The Bertz CT molecular complexity index is 1260. The van der Waals surface area contributed by atoms with Crippen molar-refractivity contribution >= 4 is 23.4 Å². The highest BCUT2D eigenvalue weighted by molar-refractivity contribution is 6.46. The molecule has 0 aromatic heterocycles. The van der Waals surface area contributed by atoms with Crippen LogP contribution in [-0.2, 0) is 20.9 Å². The van der Waals surface area contributed by atoms with Gasteiger partial charge in [0.2, 0.25) is 0 Å². The number of esters is 1. The van der Waals surface area contributed by atoms with Crippen molar-refractivity contribution < 1.29 is 29.0 Å². The lowest BCUT2D eigenvalue weighted by Gasteiger charge is -2.25. The largest absolute Gasteiger partial charge is 0.507 e. The zero-order chi connectivity index (χ0) is 24.2. The van der Waals surface area contributed by atoms with Crippen molar-refractivity contribution in [2.24, 2.45) is 0 Å². The topological polar surface area (TPSA) is 93.1 Å². The van der Waals surface area contributed by atoms with Gasteiger partial charge in [0.25, 0.3) is 11.7 Å². The summed E-state index contributed by atoms with van der Waals surface area (Å²) in [7, 11) is 2.79. The van der Waals surface area contributed by atoms with Crippen LogP contribution in [0.25, 0.3) is 5.76 Å². The van der Waals surface area contributed by atoms with Crippen LogP contribution < -0.4 is 4.74 Å². The normalized spacial score (nSPS) is 17.0. The molecule has 1 unspecified atom stereocenters. The molecule has 7 heteroatoms. The van der Waals surface area contributed by atoms with Gasteiger partial charge < -0.3 is 19.5 Å². The van der Waals surface area contributed by atoms with Crippen LogP contribution in [0.4, 0.5) is 0 Å². The maximum Gasteiger partial charge on any atom is 0.337 e. The number of carbonyl (C=O) groups is 3. The summed E-state index contributed by atoms with van der Waals surface area (Å²) < 4.78 is 9.99. The van der Waals surface area contributed by atoms with Gasteiger partial charge >= 0.3 is 5.97 Å². The Labute approximate surface area is 196 Å². The molecule has 0 bridgehead atoms. The molecule has 3 aromatic carbocycles. The average Bonchev–Trinajstić information content (AvgIpc) is 3.13. The van der Waals surface area contributed by atoms with E-state index in [0.29, 0.717) is 22.4 Å². The van der Waals surface area contributed by atoms with Gasteiger partial charge in [0.05, 0.1) is 31.4 Å². The minimum atomic E-state index is -0.849. The van der Waals surface area contributed by atoms with Gasteiger partial charge in [0, 0.05) is 12.1 Å². The van der Waals surface area contributed by atoms with E-state index < -0.39 is 23.7 Å². The van der Waals surface area contributed by atoms with Gasteiger partial charge in [-0.1, -0.05) is 54.6 Å².